The molecule has 140 valence electrons. The molecule has 7 heteroatoms. The van der Waals surface area contributed by atoms with Gasteiger partial charge >= 0.3 is 0 Å². The second-order valence-electron chi connectivity index (χ2n) is 5.72. The van der Waals surface area contributed by atoms with E-state index in [0.29, 0.717) is 43.7 Å². The van der Waals surface area contributed by atoms with Gasteiger partial charge in [-0.05, 0) is 32.4 Å². The highest BCUT2D eigenvalue weighted by molar-refractivity contribution is 5.94. The van der Waals surface area contributed by atoms with Crippen LogP contribution in [0.1, 0.15) is 34.1 Å². The maximum atomic E-state index is 11.5. The number of hydrogen-bond acceptors (Lipinski definition) is 4. The summed E-state index contributed by atoms with van der Waals surface area (Å²) in [5.41, 5.74) is 6.65. The fraction of sp³-hybridized carbons (Fsp3) is 0.556. The zero-order valence-electron chi connectivity index (χ0n) is 15.6. The SMILES string of the molecule is CCOc1ccc(OCC)c(NC(N)=NCCCNC(=O)C(C)C)c1. The first-order valence-corrected chi connectivity index (χ1v) is 8.72. The van der Waals surface area contributed by atoms with Crippen molar-refractivity contribution >= 4 is 17.6 Å². The zero-order chi connectivity index (χ0) is 18.7. The zero-order valence-corrected chi connectivity index (χ0v) is 15.6. The van der Waals surface area contributed by atoms with Gasteiger partial charge in [-0.25, -0.2) is 0 Å². The van der Waals surface area contributed by atoms with E-state index in [1.54, 1.807) is 0 Å². The van der Waals surface area contributed by atoms with Crippen molar-refractivity contribution in [2.75, 3.05) is 31.6 Å². The monoisotopic (exact) mass is 350 g/mol. The number of carbonyl (C=O) groups excluding carboxylic acids is 1. The largest absolute Gasteiger partial charge is 0.494 e. The van der Waals surface area contributed by atoms with Crippen molar-refractivity contribution in [1.82, 2.24) is 5.32 Å². The Bertz CT molecular complexity index is 573. The predicted octanol–water partition coefficient (Wildman–Crippen LogP) is 2.37. The molecule has 0 radical (unpaired) electrons. The minimum absolute atomic E-state index is 0.00941. The summed E-state index contributed by atoms with van der Waals surface area (Å²) < 4.78 is 11.1. The first-order valence-electron chi connectivity index (χ1n) is 8.72. The number of nitrogens with zero attached hydrogens (tertiary/aromatic N) is 1. The van der Waals surface area contributed by atoms with E-state index < -0.39 is 0 Å². The third-order valence-corrected chi connectivity index (χ3v) is 3.27. The van der Waals surface area contributed by atoms with Crippen LogP contribution < -0.4 is 25.8 Å². The van der Waals surface area contributed by atoms with Gasteiger partial charge in [0.1, 0.15) is 11.5 Å². The van der Waals surface area contributed by atoms with Crippen LogP contribution in [0.2, 0.25) is 0 Å². The smallest absolute Gasteiger partial charge is 0.222 e. The molecule has 4 N–H and O–H groups in total. The molecule has 0 aliphatic carbocycles. The Hall–Kier alpha value is -2.44. The molecule has 0 saturated carbocycles. The lowest BCUT2D eigenvalue weighted by Crippen LogP contribution is -2.29. The number of rotatable bonds is 10. The minimum Gasteiger partial charge on any atom is -0.494 e. The molecule has 0 aliphatic heterocycles. The highest BCUT2D eigenvalue weighted by Crippen LogP contribution is 2.29. The number of amides is 1. The van der Waals surface area contributed by atoms with Crippen LogP contribution in [0, 0.1) is 5.92 Å². The minimum atomic E-state index is -0.00941. The normalized spacial score (nSPS) is 11.3. The first kappa shape index (κ1) is 20.6. The molecular weight excluding hydrogens is 320 g/mol. The maximum absolute atomic E-state index is 11.5. The molecule has 1 rings (SSSR count). The molecule has 0 heterocycles. The van der Waals surface area contributed by atoms with Crippen LogP contribution in [0.5, 0.6) is 11.5 Å². The van der Waals surface area contributed by atoms with Gasteiger partial charge in [0.2, 0.25) is 5.91 Å². The Morgan fingerprint density at radius 1 is 1.24 bits per heavy atom. The first-order chi connectivity index (χ1) is 12.0. The topological polar surface area (TPSA) is 98.0 Å². The van der Waals surface area contributed by atoms with Gasteiger partial charge in [0.15, 0.2) is 5.96 Å². The lowest BCUT2D eigenvalue weighted by atomic mass is 10.2. The fourth-order valence-corrected chi connectivity index (χ4v) is 2.02. The molecule has 1 aromatic rings. The molecule has 1 aromatic carbocycles. The van der Waals surface area contributed by atoms with E-state index in [-0.39, 0.29) is 11.8 Å². The van der Waals surface area contributed by atoms with E-state index in [9.17, 15) is 4.79 Å². The highest BCUT2D eigenvalue weighted by Gasteiger charge is 2.07. The number of guanidine groups is 1. The summed E-state index contributed by atoms with van der Waals surface area (Å²) in [7, 11) is 0. The van der Waals surface area contributed by atoms with Crippen molar-refractivity contribution in [3.8, 4) is 11.5 Å². The number of anilines is 1. The highest BCUT2D eigenvalue weighted by atomic mass is 16.5. The number of ether oxygens (including phenoxy) is 2. The van der Waals surface area contributed by atoms with Crippen molar-refractivity contribution in [2.24, 2.45) is 16.6 Å². The standard InChI is InChI=1S/C18H30N4O3/c1-5-24-14-8-9-16(25-6-2)15(12-14)22-18(19)21-11-7-10-20-17(23)13(3)4/h8-9,12-13H,5-7,10-11H2,1-4H3,(H,20,23)(H3,19,21,22). The summed E-state index contributed by atoms with van der Waals surface area (Å²) in [4.78, 5) is 15.7. The maximum Gasteiger partial charge on any atom is 0.222 e. The average Bonchev–Trinajstić information content (AvgIpc) is 2.57. The molecule has 0 aromatic heterocycles. The number of aliphatic imine (C=N–C) groups is 1. The van der Waals surface area contributed by atoms with Gasteiger partial charge in [-0.1, -0.05) is 13.8 Å². The van der Waals surface area contributed by atoms with Crippen LogP contribution in [0.4, 0.5) is 5.69 Å². The molecular formula is C18H30N4O3. The Kier molecular flexibility index (Phi) is 9.21. The fourth-order valence-electron chi connectivity index (χ4n) is 2.02. The number of nitrogens with one attached hydrogen (secondary N) is 2. The lowest BCUT2D eigenvalue weighted by Gasteiger charge is -2.14. The van der Waals surface area contributed by atoms with E-state index in [4.69, 9.17) is 15.2 Å². The summed E-state index contributed by atoms with van der Waals surface area (Å²) in [6, 6.07) is 5.52. The summed E-state index contributed by atoms with van der Waals surface area (Å²) >= 11 is 0. The molecule has 7 nitrogen and oxygen atoms in total. The molecule has 0 unspecified atom stereocenters. The van der Waals surface area contributed by atoms with Gasteiger partial charge < -0.3 is 25.8 Å². The molecule has 0 atom stereocenters. The summed E-state index contributed by atoms with van der Waals surface area (Å²) in [6.07, 6.45) is 0.720. The lowest BCUT2D eigenvalue weighted by molar-refractivity contribution is -0.123. The Balaban J connectivity index is 2.57. The van der Waals surface area contributed by atoms with E-state index in [1.165, 1.54) is 0 Å². The number of nitrogens with two attached hydrogens (primary N) is 1. The van der Waals surface area contributed by atoms with Crippen molar-refractivity contribution in [3.05, 3.63) is 18.2 Å². The van der Waals surface area contributed by atoms with Gasteiger partial charge in [-0.3, -0.25) is 9.79 Å². The van der Waals surface area contributed by atoms with E-state index in [0.717, 1.165) is 12.2 Å². The summed E-state index contributed by atoms with van der Waals surface area (Å²) in [5, 5.41) is 5.89. The van der Waals surface area contributed by atoms with Crippen LogP contribution in [0.25, 0.3) is 0 Å². The molecule has 25 heavy (non-hydrogen) atoms. The van der Waals surface area contributed by atoms with Crippen LogP contribution in [0.15, 0.2) is 23.2 Å². The number of hydrogen-bond donors (Lipinski definition) is 3. The molecule has 0 saturated heterocycles. The van der Waals surface area contributed by atoms with Gasteiger partial charge in [-0.15, -0.1) is 0 Å². The van der Waals surface area contributed by atoms with Gasteiger partial charge in [0.05, 0.1) is 18.9 Å². The Labute approximate surface area is 150 Å². The third-order valence-electron chi connectivity index (χ3n) is 3.27. The van der Waals surface area contributed by atoms with Crippen molar-refractivity contribution in [2.45, 2.75) is 34.1 Å². The third kappa shape index (κ3) is 7.78. The van der Waals surface area contributed by atoms with Gasteiger partial charge in [-0.2, -0.15) is 0 Å². The van der Waals surface area contributed by atoms with Crippen LogP contribution in [0.3, 0.4) is 0 Å². The average molecular weight is 350 g/mol. The second-order valence-corrected chi connectivity index (χ2v) is 5.72. The molecule has 0 aliphatic rings. The second kappa shape index (κ2) is 11.2. The Morgan fingerprint density at radius 2 is 1.96 bits per heavy atom. The predicted molar refractivity (Wildman–Crippen MR) is 101 cm³/mol. The summed E-state index contributed by atoms with van der Waals surface area (Å²) in [5.74, 6) is 1.75. The number of benzene rings is 1. The quantitative estimate of drug-likeness (QED) is 0.342. The molecule has 1 amide bonds. The molecule has 0 bridgehead atoms. The van der Waals surface area contributed by atoms with Crippen LogP contribution in [-0.4, -0.2) is 38.2 Å². The van der Waals surface area contributed by atoms with Crippen LogP contribution in [-0.2, 0) is 4.79 Å². The van der Waals surface area contributed by atoms with Crippen molar-refractivity contribution in [1.29, 1.82) is 0 Å². The van der Waals surface area contributed by atoms with Gasteiger partial charge in [0.25, 0.3) is 0 Å². The van der Waals surface area contributed by atoms with Crippen LogP contribution >= 0.6 is 0 Å². The summed E-state index contributed by atoms with van der Waals surface area (Å²) in [6.45, 7) is 9.81. The Morgan fingerprint density at radius 3 is 2.60 bits per heavy atom. The number of carbonyl (C=O) groups is 1. The van der Waals surface area contributed by atoms with Crippen molar-refractivity contribution in [3.63, 3.8) is 0 Å². The molecule has 0 fully saturated rings. The van der Waals surface area contributed by atoms with E-state index in [1.807, 2.05) is 45.9 Å². The van der Waals surface area contributed by atoms with E-state index >= 15 is 0 Å². The molecule has 0 spiro atoms. The van der Waals surface area contributed by atoms with Crippen molar-refractivity contribution < 1.29 is 14.3 Å². The van der Waals surface area contributed by atoms with Gasteiger partial charge in [0, 0.05) is 25.1 Å². The van der Waals surface area contributed by atoms with E-state index in [2.05, 4.69) is 15.6 Å².